The molecule has 0 fully saturated rings. The van der Waals surface area contributed by atoms with E-state index in [9.17, 15) is 9.59 Å². The highest BCUT2D eigenvalue weighted by molar-refractivity contribution is 6.04. The molecule has 0 aromatic heterocycles. The van der Waals surface area contributed by atoms with E-state index in [4.69, 9.17) is 5.11 Å². The van der Waals surface area contributed by atoms with Gasteiger partial charge in [0, 0.05) is 12.1 Å². The summed E-state index contributed by atoms with van der Waals surface area (Å²) in [4.78, 5) is 23.2. The maximum Gasteiger partial charge on any atom is 0.321 e. The third-order valence-electron chi connectivity index (χ3n) is 2.88. The second-order valence-corrected chi connectivity index (χ2v) is 4.92. The summed E-state index contributed by atoms with van der Waals surface area (Å²) in [7, 11) is 0. The predicted octanol–water partition coefficient (Wildman–Crippen LogP) is 1.99. The summed E-state index contributed by atoms with van der Waals surface area (Å²) in [5.41, 5.74) is 1.52. The lowest BCUT2D eigenvalue weighted by Crippen LogP contribution is -2.39. The van der Waals surface area contributed by atoms with E-state index in [0.29, 0.717) is 18.5 Å². The summed E-state index contributed by atoms with van der Waals surface area (Å²) >= 11 is 0. The minimum absolute atomic E-state index is 0.313. The predicted molar refractivity (Wildman–Crippen MR) is 77.6 cm³/mol. The van der Waals surface area contributed by atoms with Crippen molar-refractivity contribution in [3.8, 4) is 0 Å². The third kappa shape index (κ3) is 6.33. The zero-order valence-electron chi connectivity index (χ0n) is 12.0. The molecule has 0 heterocycles. The highest BCUT2D eigenvalue weighted by Gasteiger charge is 2.09. The average Bonchev–Trinajstić information content (AvgIpc) is 2.38. The Bertz CT molecular complexity index is 441. The quantitative estimate of drug-likeness (QED) is 0.696. The van der Waals surface area contributed by atoms with Crippen LogP contribution in [0.25, 0.3) is 0 Å². The number of imide groups is 1. The first kappa shape index (κ1) is 16.2. The second kappa shape index (κ2) is 8.32. The molecule has 20 heavy (non-hydrogen) atoms. The van der Waals surface area contributed by atoms with E-state index in [-0.39, 0.29) is 6.10 Å². The second-order valence-electron chi connectivity index (χ2n) is 4.92. The van der Waals surface area contributed by atoms with Crippen LogP contribution in [0.3, 0.4) is 0 Å². The van der Waals surface area contributed by atoms with E-state index in [1.807, 2.05) is 19.1 Å². The number of aliphatic hydroxyl groups is 1. The summed E-state index contributed by atoms with van der Waals surface area (Å²) in [6, 6.07) is 6.51. The van der Waals surface area contributed by atoms with Gasteiger partial charge in [0.1, 0.15) is 0 Å². The summed E-state index contributed by atoms with van der Waals surface area (Å²) in [5, 5.41) is 14.0. The van der Waals surface area contributed by atoms with Crippen molar-refractivity contribution in [1.29, 1.82) is 0 Å². The lowest BCUT2D eigenvalue weighted by molar-refractivity contribution is 0.0964. The number of carbonyl (C=O) groups is 2. The number of hydrogen-bond donors (Lipinski definition) is 3. The molecule has 1 atom stereocenters. The smallest absolute Gasteiger partial charge is 0.321 e. The zero-order valence-corrected chi connectivity index (χ0v) is 12.0. The normalized spacial score (nSPS) is 11.8. The molecule has 0 aliphatic rings. The van der Waals surface area contributed by atoms with Crippen LogP contribution in [0, 0.1) is 6.92 Å². The first-order chi connectivity index (χ1) is 9.49. The van der Waals surface area contributed by atoms with Crippen molar-refractivity contribution in [1.82, 2.24) is 10.6 Å². The number of amides is 3. The molecule has 5 nitrogen and oxygen atoms in total. The summed E-state index contributed by atoms with van der Waals surface area (Å²) in [6.45, 7) is 4.15. The van der Waals surface area contributed by atoms with Gasteiger partial charge in [-0.2, -0.15) is 0 Å². The zero-order chi connectivity index (χ0) is 15.0. The molecule has 0 spiro atoms. The Morgan fingerprint density at radius 1 is 1.20 bits per heavy atom. The van der Waals surface area contributed by atoms with Crippen LogP contribution < -0.4 is 10.6 Å². The first-order valence-corrected chi connectivity index (χ1v) is 6.83. The van der Waals surface area contributed by atoms with E-state index >= 15 is 0 Å². The summed E-state index contributed by atoms with van der Waals surface area (Å²) in [5.74, 6) is -0.411. The fraction of sp³-hybridized carbons (Fsp3) is 0.467. The summed E-state index contributed by atoms with van der Waals surface area (Å²) in [6.07, 6.45) is 2.01. The van der Waals surface area contributed by atoms with Gasteiger partial charge < -0.3 is 10.4 Å². The van der Waals surface area contributed by atoms with Gasteiger partial charge in [-0.3, -0.25) is 10.1 Å². The third-order valence-corrected chi connectivity index (χ3v) is 2.88. The monoisotopic (exact) mass is 278 g/mol. The van der Waals surface area contributed by atoms with Crippen LogP contribution in [0.1, 0.15) is 42.1 Å². The molecular weight excluding hydrogens is 256 g/mol. The molecule has 1 aromatic carbocycles. The number of nitrogens with one attached hydrogen (secondary N) is 2. The molecule has 0 aliphatic heterocycles. The van der Waals surface area contributed by atoms with Crippen LogP contribution in [-0.2, 0) is 0 Å². The molecule has 0 saturated heterocycles. The molecule has 1 unspecified atom stereocenters. The van der Waals surface area contributed by atoms with Crippen LogP contribution in [0.15, 0.2) is 24.3 Å². The Morgan fingerprint density at radius 2 is 1.85 bits per heavy atom. The molecule has 0 radical (unpaired) electrons. The maximum atomic E-state index is 11.7. The molecule has 0 saturated carbocycles. The maximum absolute atomic E-state index is 11.7. The van der Waals surface area contributed by atoms with Gasteiger partial charge >= 0.3 is 6.03 Å². The van der Waals surface area contributed by atoms with Crippen molar-refractivity contribution in [2.75, 3.05) is 6.54 Å². The highest BCUT2D eigenvalue weighted by atomic mass is 16.3. The Balaban J connectivity index is 2.25. The van der Waals surface area contributed by atoms with Crippen LogP contribution in [-0.4, -0.2) is 29.7 Å². The fourth-order valence-electron chi connectivity index (χ4n) is 1.69. The van der Waals surface area contributed by atoms with Gasteiger partial charge in [-0.15, -0.1) is 0 Å². The number of aliphatic hydroxyl groups excluding tert-OH is 1. The standard InChI is InChI=1S/C15H22N2O3/c1-11-6-8-13(9-7-11)14(19)17-15(20)16-10-4-3-5-12(2)18/h6-9,12,18H,3-5,10H2,1-2H3,(H2,16,17,19,20). The van der Waals surface area contributed by atoms with Crippen LogP contribution >= 0.6 is 0 Å². The summed E-state index contributed by atoms with van der Waals surface area (Å²) < 4.78 is 0. The number of rotatable bonds is 6. The molecule has 0 aliphatic carbocycles. The van der Waals surface area contributed by atoms with Crippen molar-refractivity contribution in [3.63, 3.8) is 0 Å². The fourth-order valence-corrected chi connectivity index (χ4v) is 1.69. The van der Waals surface area contributed by atoms with Gasteiger partial charge in [0.15, 0.2) is 0 Å². The minimum Gasteiger partial charge on any atom is -0.393 e. The van der Waals surface area contributed by atoms with Crippen LogP contribution in [0.4, 0.5) is 4.79 Å². The van der Waals surface area contributed by atoms with Gasteiger partial charge in [0.25, 0.3) is 5.91 Å². The lowest BCUT2D eigenvalue weighted by atomic mass is 10.1. The number of unbranched alkanes of at least 4 members (excludes halogenated alkanes) is 1. The van der Waals surface area contributed by atoms with Gasteiger partial charge in [-0.1, -0.05) is 17.7 Å². The Hall–Kier alpha value is -1.88. The largest absolute Gasteiger partial charge is 0.393 e. The molecule has 0 bridgehead atoms. The van der Waals surface area contributed by atoms with Crippen molar-refractivity contribution in [3.05, 3.63) is 35.4 Å². The van der Waals surface area contributed by atoms with Gasteiger partial charge in [-0.05, 0) is 45.2 Å². The number of aryl methyl sites for hydroxylation is 1. The molecular formula is C15H22N2O3. The number of benzene rings is 1. The lowest BCUT2D eigenvalue weighted by Gasteiger charge is -2.07. The van der Waals surface area contributed by atoms with Gasteiger partial charge in [0.2, 0.25) is 0 Å². The van der Waals surface area contributed by atoms with Gasteiger partial charge in [0.05, 0.1) is 6.10 Å². The van der Waals surface area contributed by atoms with E-state index < -0.39 is 11.9 Å². The number of carbonyl (C=O) groups excluding carboxylic acids is 2. The molecule has 110 valence electrons. The molecule has 3 amide bonds. The van der Waals surface area contributed by atoms with E-state index in [1.54, 1.807) is 19.1 Å². The first-order valence-electron chi connectivity index (χ1n) is 6.83. The topological polar surface area (TPSA) is 78.4 Å². The Morgan fingerprint density at radius 3 is 2.45 bits per heavy atom. The van der Waals surface area contributed by atoms with Crippen molar-refractivity contribution in [2.45, 2.75) is 39.2 Å². The highest BCUT2D eigenvalue weighted by Crippen LogP contribution is 2.02. The van der Waals surface area contributed by atoms with E-state index in [0.717, 1.165) is 18.4 Å². The Labute approximate surface area is 119 Å². The molecule has 1 rings (SSSR count). The number of hydrogen-bond acceptors (Lipinski definition) is 3. The SMILES string of the molecule is Cc1ccc(C(=O)NC(=O)NCCCCC(C)O)cc1. The molecule has 5 heteroatoms. The van der Waals surface area contributed by atoms with Crippen LogP contribution in [0.2, 0.25) is 0 Å². The van der Waals surface area contributed by atoms with Gasteiger partial charge in [-0.25, -0.2) is 4.79 Å². The van der Waals surface area contributed by atoms with Crippen LogP contribution in [0.5, 0.6) is 0 Å². The average molecular weight is 278 g/mol. The van der Waals surface area contributed by atoms with Crippen molar-refractivity contribution in [2.24, 2.45) is 0 Å². The van der Waals surface area contributed by atoms with E-state index in [1.165, 1.54) is 0 Å². The Kier molecular flexibility index (Phi) is 6.73. The van der Waals surface area contributed by atoms with E-state index in [2.05, 4.69) is 10.6 Å². The molecule has 3 N–H and O–H groups in total. The molecule has 1 aromatic rings. The number of urea groups is 1. The van der Waals surface area contributed by atoms with Crippen molar-refractivity contribution < 1.29 is 14.7 Å². The van der Waals surface area contributed by atoms with Crippen molar-refractivity contribution >= 4 is 11.9 Å². The minimum atomic E-state index is -0.493.